The second kappa shape index (κ2) is 4.82. The lowest BCUT2D eigenvalue weighted by molar-refractivity contribution is 0.394. The van der Waals surface area contributed by atoms with Gasteiger partial charge in [0.2, 0.25) is 0 Å². The van der Waals surface area contributed by atoms with Gasteiger partial charge in [0.1, 0.15) is 12.4 Å². The Morgan fingerprint density at radius 2 is 2.23 bits per heavy atom. The van der Waals surface area contributed by atoms with Gasteiger partial charge in [-0.2, -0.15) is 0 Å². The third-order valence-electron chi connectivity index (χ3n) is 1.92. The Kier molecular flexibility index (Phi) is 3.71. The van der Waals surface area contributed by atoms with Gasteiger partial charge in [0.15, 0.2) is 0 Å². The Labute approximate surface area is 77.5 Å². The molecule has 0 amide bonds. The van der Waals surface area contributed by atoms with Crippen LogP contribution in [0.2, 0.25) is 0 Å². The van der Waals surface area contributed by atoms with Crippen molar-refractivity contribution in [2.24, 2.45) is 5.73 Å². The van der Waals surface area contributed by atoms with Gasteiger partial charge in [0, 0.05) is 5.56 Å². The number of rotatable bonds is 4. The third-order valence-corrected chi connectivity index (χ3v) is 1.92. The first-order chi connectivity index (χ1) is 6.31. The van der Waals surface area contributed by atoms with Crippen LogP contribution in [0.25, 0.3) is 0 Å². The molecule has 1 aromatic carbocycles. The number of ether oxygens (including phenoxy) is 1. The number of alkyl halides is 1. The summed E-state index contributed by atoms with van der Waals surface area (Å²) in [6, 6.07) is 5.48. The van der Waals surface area contributed by atoms with Gasteiger partial charge in [0.05, 0.1) is 7.11 Å². The molecular formula is C10H14FNO. The quantitative estimate of drug-likeness (QED) is 0.770. The Bertz CT molecular complexity index is 276. The molecule has 0 fully saturated rings. The number of nitrogens with two attached hydrogens (primary N) is 1. The first-order valence-electron chi connectivity index (χ1n) is 4.23. The molecule has 0 saturated heterocycles. The largest absolute Gasteiger partial charge is 0.496 e. The summed E-state index contributed by atoms with van der Waals surface area (Å²) < 4.78 is 17.5. The summed E-state index contributed by atoms with van der Waals surface area (Å²) in [6.07, 6.45) is 0.775. The van der Waals surface area contributed by atoms with Gasteiger partial charge in [0.25, 0.3) is 0 Å². The van der Waals surface area contributed by atoms with Gasteiger partial charge in [-0.05, 0) is 30.7 Å². The zero-order chi connectivity index (χ0) is 9.68. The van der Waals surface area contributed by atoms with Gasteiger partial charge in [-0.1, -0.05) is 6.07 Å². The minimum atomic E-state index is -0.498. The van der Waals surface area contributed by atoms with E-state index >= 15 is 0 Å². The van der Waals surface area contributed by atoms with Crippen LogP contribution in [0.1, 0.15) is 11.1 Å². The molecule has 2 nitrogen and oxygen atoms in total. The molecule has 13 heavy (non-hydrogen) atoms. The molecule has 0 aliphatic carbocycles. The average Bonchev–Trinajstić information content (AvgIpc) is 2.18. The molecule has 2 N–H and O–H groups in total. The second-order valence-corrected chi connectivity index (χ2v) is 2.82. The van der Waals surface area contributed by atoms with Gasteiger partial charge >= 0.3 is 0 Å². The Morgan fingerprint density at radius 1 is 1.46 bits per heavy atom. The monoisotopic (exact) mass is 183 g/mol. The summed E-state index contributed by atoms with van der Waals surface area (Å²) in [6.45, 7) is 0.0830. The summed E-state index contributed by atoms with van der Waals surface area (Å²) in [4.78, 5) is 0. The van der Waals surface area contributed by atoms with Crippen LogP contribution in [-0.4, -0.2) is 13.7 Å². The summed E-state index contributed by atoms with van der Waals surface area (Å²) in [7, 11) is 1.54. The lowest BCUT2D eigenvalue weighted by Crippen LogP contribution is -2.03. The van der Waals surface area contributed by atoms with E-state index in [1.54, 1.807) is 12.1 Å². The van der Waals surface area contributed by atoms with Crippen molar-refractivity contribution in [1.82, 2.24) is 0 Å². The maximum atomic E-state index is 12.5. The molecule has 0 radical (unpaired) electrons. The van der Waals surface area contributed by atoms with Gasteiger partial charge in [-0.15, -0.1) is 0 Å². The Balaban J connectivity index is 2.91. The third kappa shape index (κ3) is 2.42. The molecule has 0 unspecified atom stereocenters. The average molecular weight is 183 g/mol. The topological polar surface area (TPSA) is 35.2 Å². The zero-order valence-electron chi connectivity index (χ0n) is 7.72. The molecule has 0 heterocycles. The summed E-state index contributed by atoms with van der Waals surface area (Å²) >= 11 is 0. The molecule has 0 aliphatic rings. The van der Waals surface area contributed by atoms with Crippen LogP contribution in [0, 0.1) is 0 Å². The van der Waals surface area contributed by atoms with Crippen LogP contribution in [0.15, 0.2) is 18.2 Å². The maximum Gasteiger partial charge on any atom is 0.124 e. The van der Waals surface area contributed by atoms with E-state index in [2.05, 4.69) is 0 Å². The fraction of sp³-hybridized carbons (Fsp3) is 0.400. The van der Waals surface area contributed by atoms with Crippen LogP contribution in [0.5, 0.6) is 5.75 Å². The van der Waals surface area contributed by atoms with Crippen molar-refractivity contribution in [1.29, 1.82) is 0 Å². The van der Waals surface area contributed by atoms with Crippen molar-refractivity contribution in [2.75, 3.05) is 13.7 Å². The minimum Gasteiger partial charge on any atom is -0.496 e. The molecule has 0 saturated carbocycles. The van der Waals surface area contributed by atoms with E-state index in [1.165, 1.54) is 7.11 Å². The fourth-order valence-corrected chi connectivity index (χ4v) is 1.26. The molecular weight excluding hydrogens is 169 g/mol. The highest BCUT2D eigenvalue weighted by atomic mass is 19.1. The normalized spacial score (nSPS) is 10.1. The van der Waals surface area contributed by atoms with Gasteiger partial charge < -0.3 is 10.5 Å². The lowest BCUT2D eigenvalue weighted by atomic mass is 10.1. The summed E-state index contributed by atoms with van der Waals surface area (Å²) in [5.41, 5.74) is 7.04. The lowest BCUT2D eigenvalue weighted by Gasteiger charge is -2.07. The van der Waals surface area contributed by atoms with E-state index in [9.17, 15) is 4.39 Å². The number of hydrogen-bond acceptors (Lipinski definition) is 2. The number of hydrogen-bond donors (Lipinski definition) is 1. The molecule has 0 aliphatic heterocycles. The molecule has 1 aromatic rings. The molecule has 0 bridgehead atoms. The predicted octanol–water partition coefficient (Wildman–Crippen LogP) is 1.67. The smallest absolute Gasteiger partial charge is 0.124 e. The molecule has 3 heteroatoms. The first kappa shape index (κ1) is 9.99. The second-order valence-electron chi connectivity index (χ2n) is 2.82. The first-order valence-corrected chi connectivity index (χ1v) is 4.23. The number of benzene rings is 1. The standard InChI is InChI=1S/C10H14FNO/c1-13-10-3-2-8(4-5-12)6-9(10)7-11/h2-3,6H,4-5,7,12H2,1H3. The molecule has 72 valence electrons. The van der Waals surface area contributed by atoms with E-state index in [4.69, 9.17) is 10.5 Å². The SMILES string of the molecule is COc1ccc(CCN)cc1CF. The number of halogens is 1. The Hall–Kier alpha value is -1.09. The van der Waals surface area contributed by atoms with E-state index in [0.717, 1.165) is 12.0 Å². The van der Waals surface area contributed by atoms with E-state index < -0.39 is 6.67 Å². The molecule has 0 spiro atoms. The van der Waals surface area contributed by atoms with Gasteiger partial charge in [-0.25, -0.2) is 4.39 Å². The van der Waals surface area contributed by atoms with Crippen LogP contribution in [0.3, 0.4) is 0 Å². The van der Waals surface area contributed by atoms with Crippen molar-refractivity contribution in [3.05, 3.63) is 29.3 Å². The minimum absolute atomic E-state index is 0.498. The van der Waals surface area contributed by atoms with Crippen molar-refractivity contribution < 1.29 is 9.13 Å². The zero-order valence-corrected chi connectivity index (χ0v) is 7.72. The van der Waals surface area contributed by atoms with Crippen molar-refractivity contribution >= 4 is 0 Å². The predicted molar refractivity (Wildman–Crippen MR) is 50.6 cm³/mol. The van der Waals surface area contributed by atoms with Crippen LogP contribution < -0.4 is 10.5 Å². The highest BCUT2D eigenvalue weighted by Crippen LogP contribution is 2.20. The van der Waals surface area contributed by atoms with Crippen LogP contribution >= 0.6 is 0 Å². The summed E-state index contributed by atoms with van der Waals surface area (Å²) in [5, 5.41) is 0. The van der Waals surface area contributed by atoms with E-state index in [0.29, 0.717) is 17.9 Å². The van der Waals surface area contributed by atoms with Crippen LogP contribution in [-0.2, 0) is 13.1 Å². The fourth-order valence-electron chi connectivity index (χ4n) is 1.26. The highest BCUT2D eigenvalue weighted by molar-refractivity contribution is 5.36. The number of methoxy groups -OCH3 is 1. The van der Waals surface area contributed by atoms with Crippen molar-refractivity contribution in [3.63, 3.8) is 0 Å². The summed E-state index contributed by atoms with van der Waals surface area (Å²) in [5.74, 6) is 0.600. The molecule has 0 atom stereocenters. The van der Waals surface area contributed by atoms with Crippen LogP contribution in [0.4, 0.5) is 4.39 Å². The molecule has 0 aromatic heterocycles. The van der Waals surface area contributed by atoms with E-state index in [-0.39, 0.29) is 0 Å². The highest BCUT2D eigenvalue weighted by Gasteiger charge is 2.03. The van der Waals surface area contributed by atoms with Crippen molar-refractivity contribution in [2.45, 2.75) is 13.1 Å². The molecule has 1 rings (SSSR count). The van der Waals surface area contributed by atoms with Gasteiger partial charge in [-0.3, -0.25) is 0 Å². The van der Waals surface area contributed by atoms with E-state index in [1.807, 2.05) is 6.07 Å². The Morgan fingerprint density at radius 3 is 2.77 bits per heavy atom. The van der Waals surface area contributed by atoms with Crippen molar-refractivity contribution in [3.8, 4) is 5.75 Å². The maximum absolute atomic E-state index is 12.5.